The Bertz CT molecular complexity index is 1070. The van der Waals surface area contributed by atoms with Gasteiger partial charge in [0.15, 0.2) is 5.82 Å². The normalized spacial score (nSPS) is 11.5. The minimum atomic E-state index is -6.10. The predicted molar refractivity (Wildman–Crippen MR) is 105 cm³/mol. The number of aryl methyl sites for hydroxylation is 1. The molecule has 1 heterocycles. The summed E-state index contributed by atoms with van der Waals surface area (Å²) in [6, 6.07) is 11.4. The largest absolute Gasteiger partial charge is 1.00 e. The monoisotopic (exact) mass is 548 g/mol. The van der Waals surface area contributed by atoms with Crippen LogP contribution in [0.25, 0.3) is 11.5 Å². The number of hydrogen-bond acceptors (Lipinski definition) is 7. The molecule has 0 aliphatic heterocycles. The Morgan fingerprint density at radius 3 is 2.19 bits per heavy atom. The molecule has 2 aromatic carbocycles. The fourth-order valence-corrected chi connectivity index (χ4v) is 4.75. The summed E-state index contributed by atoms with van der Waals surface area (Å²) in [6.45, 7) is 1.74. The average Bonchev–Trinajstić information content (AvgIpc) is 3.07. The minimum absolute atomic E-state index is 0. The molecule has 0 saturated carbocycles. The first-order chi connectivity index (χ1) is 13.6. The average molecular weight is 549 g/mol. The maximum absolute atomic E-state index is 13.7. The molecule has 0 unspecified atom stereocenters. The number of halogens is 3. The van der Waals surface area contributed by atoms with Crippen LogP contribution in [-0.2, 0) is 21.7 Å². The van der Waals surface area contributed by atoms with Crippen molar-refractivity contribution in [3.05, 3.63) is 69.5 Å². The summed E-state index contributed by atoms with van der Waals surface area (Å²) in [4.78, 5) is 25.8. The Kier molecular flexibility index (Phi) is 11.6. The van der Waals surface area contributed by atoms with Crippen molar-refractivity contribution >= 4 is 35.3 Å². The van der Waals surface area contributed by atoms with Crippen LogP contribution in [0.1, 0.15) is 22.5 Å². The molecule has 0 bridgehead atoms. The SMILES string of the molecule is Cc1noc(-c2ccc(CSCc3ccc(C(F)(F)P(=O)([O-])[O-])c(Br)c3)cc2)n1.[Na+].[Na+]. The molecule has 0 atom stereocenters. The molecular weight excluding hydrogens is 535 g/mol. The van der Waals surface area contributed by atoms with Gasteiger partial charge in [-0.25, -0.2) is 0 Å². The third-order valence-electron chi connectivity index (χ3n) is 3.97. The van der Waals surface area contributed by atoms with E-state index in [2.05, 4.69) is 26.1 Å². The number of rotatable bonds is 7. The van der Waals surface area contributed by atoms with E-state index in [4.69, 9.17) is 4.52 Å². The Balaban J connectivity index is 0.00000240. The molecule has 0 N–H and O–H groups in total. The second-order valence-corrected chi connectivity index (χ2v) is 9.59. The molecule has 13 heteroatoms. The quantitative estimate of drug-likeness (QED) is 0.254. The minimum Gasteiger partial charge on any atom is -0.806 e. The summed E-state index contributed by atoms with van der Waals surface area (Å²) in [6.07, 6.45) is 0. The molecular formula is C18H14BrF2N2Na2O4PS. The molecule has 3 rings (SSSR count). The third-order valence-corrected chi connectivity index (χ3v) is 6.63. The maximum Gasteiger partial charge on any atom is 1.00 e. The fourth-order valence-electron chi connectivity index (χ4n) is 2.48. The van der Waals surface area contributed by atoms with Crippen molar-refractivity contribution in [1.82, 2.24) is 10.1 Å². The zero-order valence-electron chi connectivity index (χ0n) is 17.0. The van der Waals surface area contributed by atoms with E-state index in [0.717, 1.165) is 17.2 Å². The number of aromatic nitrogens is 2. The summed E-state index contributed by atoms with van der Waals surface area (Å²) < 4.78 is 43.3. The van der Waals surface area contributed by atoms with Crippen LogP contribution >= 0.6 is 35.3 Å². The van der Waals surface area contributed by atoms with E-state index in [0.29, 0.717) is 28.8 Å². The molecule has 154 valence electrons. The molecule has 0 saturated heterocycles. The second-order valence-electron chi connectivity index (χ2n) is 6.19. The number of hydrogen-bond donors (Lipinski definition) is 0. The van der Waals surface area contributed by atoms with Gasteiger partial charge in [0.2, 0.25) is 0 Å². The van der Waals surface area contributed by atoms with E-state index in [1.165, 1.54) is 12.1 Å². The van der Waals surface area contributed by atoms with Crippen molar-refractivity contribution in [3.63, 3.8) is 0 Å². The molecule has 6 nitrogen and oxygen atoms in total. The number of alkyl halides is 2. The van der Waals surface area contributed by atoms with Crippen molar-refractivity contribution in [2.45, 2.75) is 24.1 Å². The zero-order valence-corrected chi connectivity index (χ0v) is 24.3. The van der Waals surface area contributed by atoms with Gasteiger partial charge in [-0.2, -0.15) is 25.5 Å². The molecule has 0 aliphatic rings. The molecule has 0 radical (unpaired) electrons. The molecule has 0 amide bonds. The van der Waals surface area contributed by atoms with Gasteiger partial charge >= 0.3 is 59.1 Å². The summed E-state index contributed by atoms with van der Waals surface area (Å²) in [5.41, 5.74) is -2.74. The van der Waals surface area contributed by atoms with Crippen LogP contribution in [0.2, 0.25) is 0 Å². The van der Waals surface area contributed by atoms with E-state index in [-0.39, 0.29) is 63.6 Å². The van der Waals surface area contributed by atoms with Crippen LogP contribution in [0.4, 0.5) is 8.78 Å². The van der Waals surface area contributed by atoms with Gasteiger partial charge < -0.3 is 18.9 Å². The first-order valence-electron chi connectivity index (χ1n) is 8.24. The zero-order chi connectivity index (χ0) is 21.2. The number of nitrogens with zero attached hydrogens (tertiary/aromatic N) is 2. The van der Waals surface area contributed by atoms with Gasteiger partial charge in [-0.3, -0.25) is 0 Å². The fraction of sp³-hybridized carbons (Fsp3) is 0.222. The molecule has 31 heavy (non-hydrogen) atoms. The van der Waals surface area contributed by atoms with Crippen molar-refractivity contribution in [1.29, 1.82) is 0 Å². The van der Waals surface area contributed by atoms with Crippen molar-refractivity contribution in [3.8, 4) is 11.5 Å². The van der Waals surface area contributed by atoms with Gasteiger partial charge in [0.25, 0.3) is 11.6 Å². The standard InChI is InChI=1S/C18H16BrF2N2O4PS.2Na/c1-11-22-17(27-23-11)14-5-2-12(3-6-14)9-29-10-13-4-7-15(16(19)8-13)18(20,21)28(24,25)26;;/h2-8H,9-10H2,1H3,(H2,24,25,26);;/q;2*+1/p-2. The summed E-state index contributed by atoms with van der Waals surface area (Å²) >= 11 is 4.49. The molecule has 0 spiro atoms. The Labute approximate surface area is 234 Å². The predicted octanol–water partition coefficient (Wildman–Crippen LogP) is -1.79. The van der Waals surface area contributed by atoms with Crippen LogP contribution in [-0.4, -0.2) is 10.1 Å². The van der Waals surface area contributed by atoms with Gasteiger partial charge in [-0.1, -0.05) is 45.4 Å². The maximum atomic E-state index is 13.7. The van der Waals surface area contributed by atoms with E-state index in [9.17, 15) is 23.1 Å². The molecule has 0 fully saturated rings. The van der Waals surface area contributed by atoms with E-state index >= 15 is 0 Å². The summed E-state index contributed by atoms with van der Waals surface area (Å²) in [5.74, 6) is 2.20. The van der Waals surface area contributed by atoms with Crippen molar-refractivity contribution in [2.75, 3.05) is 0 Å². The third kappa shape index (κ3) is 7.45. The van der Waals surface area contributed by atoms with Crippen LogP contribution in [0.15, 0.2) is 51.5 Å². The van der Waals surface area contributed by atoms with Gasteiger partial charge in [0, 0.05) is 34.7 Å². The molecule has 3 aromatic rings. The Morgan fingerprint density at radius 2 is 1.68 bits per heavy atom. The first kappa shape index (κ1) is 29.5. The Hall–Kier alpha value is 0.420. The number of benzene rings is 2. The van der Waals surface area contributed by atoms with Crippen LogP contribution in [0.5, 0.6) is 0 Å². The van der Waals surface area contributed by atoms with Gasteiger partial charge in [0.1, 0.15) is 0 Å². The van der Waals surface area contributed by atoms with Crippen molar-refractivity contribution in [2.24, 2.45) is 0 Å². The summed E-state index contributed by atoms with van der Waals surface area (Å²) in [7, 11) is -6.10. The van der Waals surface area contributed by atoms with E-state index in [1.807, 2.05) is 24.3 Å². The number of thioether (sulfide) groups is 1. The van der Waals surface area contributed by atoms with Crippen LogP contribution < -0.4 is 68.9 Å². The molecule has 0 aliphatic carbocycles. The van der Waals surface area contributed by atoms with Gasteiger partial charge in [0.05, 0.1) is 0 Å². The second kappa shape index (κ2) is 12.2. The van der Waals surface area contributed by atoms with Gasteiger partial charge in [-0.05, 0) is 36.2 Å². The van der Waals surface area contributed by atoms with Crippen LogP contribution in [0.3, 0.4) is 0 Å². The molecule has 1 aromatic heterocycles. The van der Waals surface area contributed by atoms with E-state index < -0.39 is 18.8 Å². The van der Waals surface area contributed by atoms with E-state index in [1.54, 1.807) is 18.7 Å². The smallest absolute Gasteiger partial charge is 0.806 e. The first-order valence-corrected chi connectivity index (χ1v) is 11.7. The summed E-state index contributed by atoms with van der Waals surface area (Å²) in [5, 5.41) is 3.75. The Morgan fingerprint density at radius 1 is 1.10 bits per heavy atom. The van der Waals surface area contributed by atoms with Gasteiger partial charge in [-0.15, -0.1) is 0 Å². The topological polar surface area (TPSA) is 102 Å². The van der Waals surface area contributed by atoms with Crippen molar-refractivity contribution < 1.29 is 86.8 Å². The van der Waals surface area contributed by atoms with Crippen LogP contribution in [0, 0.1) is 6.92 Å².